The molecule has 1 heterocycles. The van der Waals surface area contributed by atoms with Crippen molar-refractivity contribution in [3.63, 3.8) is 0 Å². The molecule has 5 heteroatoms. The summed E-state index contributed by atoms with van der Waals surface area (Å²) < 4.78 is 10.6. The van der Waals surface area contributed by atoms with Crippen molar-refractivity contribution in [2.24, 2.45) is 17.8 Å². The Balaban J connectivity index is 1.23. The minimum absolute atomic E-state index is 0.0844. The summed E-state index contributed by atoms with van der Waals surface area (Å²) in [6.45, 7) is 3.20. The molecule has 4 aliphatic carbocycles. The van der Waals surface area contributed by atoms with Crippen molar-refractivity contribution < 1.29 is 24.2 Å². The lowest BCUT2D eigenvalue weighted by atomic mass is 9.47. The molecule has 3 aromatic rings. The van der Waals surface area contributed by atoms with Crippen LogP contribution in [0.15, 0.2) is 54.6 Å². The molecule has 38 heavy (non-hydrogen) atoms. The van der Waals surface area contributed by atoms with Gasteiger partial charge in [0.2, 0.25) is 0 Å². The first-order chi connectivity index (χ1) is 18.2. The highest BCUT2D eigenvalue weighted by Gasteiger charge is 2.52. The van der Waals surface area contributed by atoms with Crippen LogP contribution < -0.4 is 0 Å². The maximum atomic E-state index is 12.6. The average Bonchev–Trinajstić information content (AvgIpc) is 2.86. The molecule has 196 valence electrons. The zero-order valence-electron chi connectivity index (χ0n) is 22.0. The molecule has 0 aromatic heterocycles. The number of ether oxygens (including phenoxy) is 2. The first-order valence-electron chi connectivity index (χ1n) is 14.0. The predicted octanol–water partition coefficient (Wildman–Crippen LogP) is 6.39. The van der Waals surface area contributed by atoms with E-state index in [-0.39, 0.29) is 12.0 Å². The van der Waals surface area contributed by atoms with E-state index in [1.807, 2.05) is 24.3 Å². The van der Waals surface area contributed by atoms with Crippen LogP contribution in [0, 0.1) is 17.8 Å². The highest BCUT2D eigenvalue weighted by molar-refractivity contribution is 6.03. The van der Waals surface area contributed by atoms with Gasteiger partial charge in [-0.2, -0.15) is 0 Å². The minimum atomic E-state index is -1.24. The number of benzene rings is 3. The monoisotopic (exact) mass is 510 g/mol. The summed E-state index contributed by atoms with van der Waals surface area (Å²) in [5.41, 5.74) is 5.53. The quantitative estimate of drug-likeness (QED) is 0.325. The second-order valence-corrected chi connectivity index (χ2v) is 12.7. The van der Waals surface area contributed by atoms with Gasteiger partial charge in [-0.25, -0.2) is 0 Å². The molecular weight excluding hydrogens is 476 g/mol. The second kappa shape index (κ2) is 8.41. The molecule has 5 nitrogen and oxygen atoms in total. The number of hydrogen-bond donors (Lipinski definition) is 1. The summed E-state index contributed by atoms with van der Waals surface area (Å²) >= 11 is 0. The minimum Gasteiger partial charge on any atom is -0.422 e. The summed E-state index contributed by atoms with van der Waals surface area (Å²) in [5.74, 6) is -0.937. The van der Waals surface area contributed by atoms with E-state index in [1.54, 1.807) is 13.8 Å². The van der Waals surface area contributed by atoms with Crippen molar-refractivity contribution in [2.75, 3.05) is 0 Å². The van der Waals surface area contributed by atoms with E-state index in [9.17, 15) is 14.7 Å². The number of esters is 2. The Morgan fingerprint density at radius 2 is 1.32 bits per heavy atom. The number of carbonyl (C=O) groups excluding carboxylic acids is 2. The molecule has 4 saturated carbocycles. The van der Waals surface area contributed by atoms with Crippen LogP contribution in [0.25, 0.3) is 21.9 Å². The molecule has 3 aromatic carbocycles. The SMILES string of the molecule is CC1(C)OC(=O)C(c2ccc3cc(-c4ccc(CO)c(C56CC7CC(CC(C7)C5)C6)c4)ccc3c2)C(=O)O1. The molecule has 0 radical (unpaired) electrons. The summed E-state index contributed by atoms with van der Waals surface area (Å²) in [6.07, 6.45) is 7.98. The zero-order chi connectivity index (χ0) is 26.2. The summed E-state index contributed by atoms with van der Waals surface area (Å²) in [6, 6.07) is 18.6. The molecule has 1 N–H and O–H groups in total. The van der Waals surface area contributed by atoms with Gasteiger partial charge in [0, 0.05) is 13.8 Å². The lowest BCUT2D eigenvalue weighted by Gasteiger charge is -2.57. The average molecular weight is 511 g/mol. The number of aliphatic hydroxyl groups is 1. The largest absolute Gasteiger partial charge is 0.422 e. The molecule has 0 atom stereocenters. The number of rotatable bonds is 4. The van der Waals surface area contributed by atoms with E-state index in [1.165, 1.54) is 49.7 Å². The molecule has 8 rings (SSSR count). The highest BCUT2D eigenvalue weighted by Crippen LogP contribution is 2.61. The number of carbonyl (C=O) groups is 2. The third-order valence-electron chi connectivity index (χ3n) is 9.58. The Labute approximate surface area is 223 Å². The Kier molecular flexibility index (Phi) is 5.29. The van der Waals surface area contributed by atoms with Crippen molar-refractivity contribution in [3.05, 3.63) is 71.3 Å². The highest BCUT2D eigenvalue weighted by atomic mass is 16.7. The van der Waals surface area contributed by atoms with E-state index in [0.29, 0.717) is 5.56 Å². The molecule has 5 aliphatic rings. The molecule has 5 fully saturated rings. The number of cyclic esters (lactones) is 2. The third kappa shape index (κ3) is 3.86. The smallest absolute Gasteiger partial charge is 0.328 e. The molecule has 1 aliphatic heterocycles. The van der Waals surface area contributed by atoms with E-state index >= 15 is 0 Å². The zero-order valence-corrected chi connectivity index (χ0v) is 22.0. The Hall–Kier alpha value is -3.18. The van der Waals surface area contributed by atoms with Crippen LogP contribution in [0.3, 0.4) is 0 Å². The van der Waals surface area contributed by atoms with Gasteiger partial charge < -0.3 is 14.6 Å². The van der Waals surface area contributed by atoms with E-state index in [4.69, 9.17) is 9.47 Å². The second-order valence-electron chi connectivity index (χ2n) is 12.7. The van der Waals surface area contributed by atoms with Crippen LogP contribution in [0.4, 0.5) is 0 Å². The topological polar surface area (TPSA) is 72.8 Å². The van der Waals surface area contributed by atoms with Gasteiger partial charge in [0.25, 0.3) is 5.79 Å². The first kappa shape index (κ1) is 23.9. The Bertz CT molecular complexity index is 1410. The van der Waals surface area contributed by atoms with Crippen LogP contribution in [0.2, 0.25) is 0 Å². The van der Waals surface area contributed by atoms with Gasteiger partial charge in [-0.1, -0.05) is 42.5 Å². The van der Waals surface area contributed by atoms with Gasteiger partial charge in [-0.3, -0.25) is 9.59 Å². The standard InChI is InChI=1S/C33H34O5/c1-32(2)37-30(35)29(31(36)38-32)26-7-5-22-12-23(3-4-24(22)13-26)25-6-8-27(18-34)28(14-25)33-15-19-9-20(16-33)11-21(10-19)17-33/h3-8,12-14,19-21,29,34H,9-11,15-18H2,1-2H3. The summed E-state index contributed by atoms with van der Waals surface area (Å²) in [4.78, 5) is 25.1. The molecule has 0 spiro atoms. The van der Waals surface area contributed by atoms with Gasteiger partial charge in [0.15, 0.2) is 5.92 Å². The maximum absolute atomic E-state index is 12.6. The molecule has 0 amide bonds. The maximum Gasteiger partial charge on any atom is 0.328 e. The Morgan fingerprint density at radius 1 is 0.763 bits per heavy atom. The fourth-order valence-corrected chi connectivity index (χ4v) is 8.44. The fraction of sp³-hybridized carbons (Fsp3) is 0.455. The van der Waals surface area contributed by atoms with Crippen molar-refractivity contribution in [3.8, 4) is 11.1 Å². The number of hydrogen-bond acceptors (Lipinski definition) is 5. The van der Waals surface area contributed by atoms with Crippen LogP contribution in [0.1, 0.15) is 75.0 Å². The molecular formula is C33H34O5. The van der Waals surface area contributed by atoms with Crippen molar-refractivity contribution >= 4 is 22.7 Å². The normalized spacial score (nSPS) is 29.9. The summed E-state index contributed by atoms with van der Waals surface area (Å²) in [5, 5.41) is 12.2. The molecule has 0 unspecified atom stereocenters. The lowest BCUT2D eigenvalue weighted by molar-refractivity contribution is -0.234. The number of aliphatic hydroxyl groups excluding tert-OH is 1. The van der Waals surface area contributed by atoms with Gasteiger partial charge in [-0.15, -0.1) is 0 Å². The van der Waals surface area contributed by atoms with Gasteiger partial charge >= 0.3 is 11.9 Å². The summed E-state index contributed by atoms with van der Waals surface area (Å²) in [7, 11) is 0. The van der Waals surface area contributed by atoms with Gasteiger partial charge in [0.1, 0.15) is 0 Å². The van der Waals surface area contributed by atoms with E-state index in [0.717, 1.165) is 39.7 Å². The predicted molar refractivity (Wildman–Crippen MR) is 144 cm³/mol. The van der Waals surface area contributed by atoms with Crippen LogP contribution in [0.5, 0.6) is 0 Å². The first-order valence-corrected chi connectivity index (χ1v) is 14.0. The van der Waals surface area contributed by atoms with Crippen molar-refractivity contribution in [1.29, 1.82) is 0 Å². The third-order valence-corrected chi connectivity index (χ3v) is 9.58. The van der Waals surface area contributed by atoms with Crippen LogP contribution in [-0.4, -0.2) is 22.8 Å². The molecule has 4 bridgehead atoms. The van der Waals surface area contributed by atoms with Crippen molar-refractivity contribution in [2.45, 2.75) is 76.1 Å². The number of fused-ring (bicyclic) bond motifs is 1. The molecule has 1 saturated heterocycles. The van der Waals surface area contributed by atoms with Crippen molar-refractivity contribution in [1.82, 2.24) is 0 Å². The van der Waals surface area contributed by atoms with Gasteiger partial charge in [0.05, 0.1) is 6.61 Å². The van der Waals surface area contributed by atoms with Gasteiger partial charge in [-0.05, 0) is 112 Å². The van der Waals surface area contributed by atoms with E-state index < -0.39 is 23.6 Å². The van der Waals surface area contributed by atoms with Crippen LogP contribution >= 0.6 is 0 Å². The Morgan fingerprint density at radius 3 is 1.95 bits per heavy atom. The van der Waals surface area contributed by atoms with Crippen LogP contribution in [-0.2, 0) is 31.1 Å². The van der Waals surface area contributed by atoms with E-state index in [2.05, 4.69) is 30.3 Å². The fourth-order valence-electron chi connectivity index (χ4n) is 8.44. The lowest BCUT2D eigenvalue weighted by Crippen LogP contribution is -2.49.